The van der Waals surface area contributed by atoms with Crippen molar-refractivity contribution in [1.82, 2.24) is 5.32 Å². The van der Waals surface area contributed by atoms with Crippen LogP contribution in [0.5, 0.6) is 0 Å². The molecule has 108 valence electrons. The van der Waals surface area contributed by atoms with E-state index < -0.39 is 0 Å². The summed E-state index contributed by atoms with van der Waals surface area (Å²) in [5, 5.41) is 3.56. The minimum Gasteiger partial charge on any atom is -0.310 e. The fourth-order valence-electron chi connectivity index (χ4n) is 2.25. The Morgan fingerprint density at radius 2 is 1.95 bits per heavy atom. The van der Waals surface area contributed by atoms with Crippen LogP contribution in [-0.4, -0.2) is 6.54 Å². The Hall–Kier alpha value is -0.890. The van der Waals surface area contributed by atoms with Crippen LogP contribution in [0.4, 0.5) is 4.39 Å². The zero-order chi connectivity index (χ0) is 14.5. The van der Waals surface area contributed by atoms with Gasteiger partial charge in [0.1, 0.15) is 5.82 Å². The third-order valence-corrected chi connectivity index (χ3v) is 3.44. The van der Waals surface area contributed by atoms with Crippen LogP contribution in [0.25, 0.3) is 0 Å². The van der Waals surface area contributed by atoms with Gasteiger partial charge in [-0.2, -0.15) is 0 Å². The summed E-state index contributed by atoms with van der Waals surface area (Å²) >= 11 is 0. The molecule has 0 heterocycles. The van der Waals surface area contributed by atoms with E-state index in [0.29, 0.717) is 5.41 Å². The Morgan fingerprint density at radius 1 is 1.26 bits per heavy atom. The summed E-state index contributed by atoms with van der Waals surface area (Å²) < 4.78 is 13.5. The summed E-state index contributed by atoms with van der Waals surface area (Å²) in [5.74, 6) is -0.139. The molecule has 0 bridgehead atoms. The summed E-state index contributed by atoms with van der Waals surface area (Å²) in [6.45, 7) is 12.0. The third-order valence-electron chi connectivity index (χ3n) is 3.44. The first kappa shape index (κ1) is 16.2. The van der Waals surface area contributed by atoms with Crippen molar-refractivity contribution in [2.45, 2.75) is 59.9 Å². The fourth-order valence-corrected chi connectivity index (χ4v) is 2.25. The molecule has 0 aromatic heterocycles. The van der Waals surface area contributed by atoms with Gasteiger partial charge in [0.25, 0.3) is 0 Å². The molecule has 19 heavy (non-hydrogen) atoms. The highest BCUT2D eigenvalue weighted by Crippen LogP contribution is 2.29. The lowest BCUT2D eigenvalue weighted by Gasteiger charge is -2.25. The predicted octanol–water partition coefficient (Wildman–Crippen LogP) is 5.00. The topological polar surface area (TPSA) is 12.0 Å². The lowest BCUT2D eigenvalue weighted by Crippen LogP contribution is -2.24. The van der Waals surface area contributed by atoms with E-state index in [1.165, 1.54) is 5.56 Å². The van der Waals surface area contributed by atoms with Crippen molar-refractivity contribution in [3.63, 3.8) is 0 Å². The van der Waals surface area contributed by atoms with Gasteiger partial charge in [-0.25, -0.2) is 4.39 Å². The Bertz CT molecular complexity index is 393. The van der Waals surface area contributed by atoms with Gasteiger partial charge in [-0.15, -0.1) is 0 Å². The summed E-state index contributed by atoms with van der Waals surface area (Å²) in [6, 6.07) is 5.36. The molecule has 0 aliphatic heterocycles. The van der Waals surface area contributed by atoms with Crippen LogP contribution in [0.3, 0.4) is 0 Å². The van der Waals surface area contributed by atoms with Crippen LogP contribution >= 0.6 is 0 Å². The molecule has 0 fully saturated rings. The molecule has 0 saturated heterocycles. The average Bonchev–Trinajstić information content (AvgIpc) is 2.32. The van der Waals surface area contributed by atoms with Crippen molar-refractivity contribution in [3.05, 3.63) is 35.1 Å². The van der Waals surface area contributed by atoms with Crippen molar-refractivity contribution >= 4 is 0 Å². The second kappa shape index (κ2) is 7.04. The first-order valence-electron chi connectivity index (χ1n) is 7.33. The first-order chi connectivity index (χ1) is 8.83. The molecule has 0 saturated carbocycles. The van der Waals surface area contributed by atoms with Gasteiger partial charge in [0.2, 0.25) is 0 Å². The highest BCUT2D eigenvalue weighted by Gasteiger charge is 2.18. The summed E-state index contributed by atoms with van der Waals surface area (Å²) in [5.41, 5.74) is 2.59. The zero-order valence-electron chi connectivity index (χ0n) is 13.0. The molecule has 2 heteroatoms. The first-order valence-corrected chi connectivity index (χ1v) is 7.33. The Kier molecular flexibility index (Phi) is 5.99. The lowest BCUT2D eigenvalue weighted by molar-refractivity contribution is 0.331. The van der Waals surface area contributed by atoms with E-state index in [0.717, 1.165) is 31.4 Å². The molecule has 0 spiro atoms. The highest BCUT2D eigenvalue weighted by molar-refractivity contribution is 5.29. The molecular weight excluding hydrogens is 237 g/mol. The monoisotopic (exact) mass is 265 g/mol. The van der Waals surface area contributed by atoms with Gasteiger partial charge in [-0.05, 0) is 61.4 Å². The van der Waals surface area contributed by atoms with Gasteiger partial charge in [-0.3, -0.25) is 0 Å². The van der Waals surface area contributed by atoms with Crippen molar-refractivity contribution in [3.8, 4) is 0 Å². The summed E-state index contributed by atoms with van der Waals surface area (Å²) in [6.07, 6.45) is 3.28. The number of hydrogen-bond acceptors (Lipinski definition) is 1. The SMILES string of the molecule is CCCNC(CCC(C)(C)C)c1cc(F)ccc1C. The van der Waals surface area contributed by atoms with Gasteiger partial charge in [0.05, 0.1) is 0 Å². The second-order valence-electron chi connectivity index (χ2n) is 6.61. The molecule has 1 aromatic carbocycles. The summed E-state index contributed by atoms with van der Waals surface area (Å²) in [7, 11) is 0. The number of nitrogens with one attached hydrogen (secondary N) is 1. The number of aryl methyl sites for hydroxylation is 1. The van der Waals surface area contributed by atoms with Crippen molar-refractivity contribution in [2.24, 2.45) is 5.41 Å². The van der Waals surface area contributed by atoms with Crippen LogP contribution < -0.4 is 5.32 Å². The molecule has 0 radical (unpaired) electrons. The largest absolute Gasteiger partial charge is 0.310 e. The van der Waals surface area contributed by atoms with Crippen molar-refractivity contribution < 1.29 is 4.39 Å². The van der Waals surface area contributed by atoms with E-state index in [-0.39, 0.29) is 11.9 Å². The van der Waals surface area contributed by atoms with E-state index in [4.69, 9.17) is 0 Å². The smallest absolute Gasteiger partial charge is 0.123 e. The standard InChI is InChI=1S/C17H28FN/c1-6-11-19-16(9-10-17(3,4)5)15-12-14(18)8-7-13(15)2/h7-8,12,16,19H,6,9-11H2,1-5H3. The minimum absolute atomic E-state index is 0.139. The van der Waals surface area contributed by atoms with E-state index >= 15 is 0 Å². The molecule has 1 rings (SSSR count). The third kappa shape index (κ3) is 5.73. The van der Waals surface area contributed by atoms with Gasteiger partial charge in [0.15, 0.2) is 0 Å². The van der Waals surface area contributed by atoms with E-state index in [1.807, 2.05) is 6.07 Å². The second-order valence-corrected chi connectivity index (χ2v) is 6.61. The van der Waals surface area contributed by atoms with Gasteiger partial charge < -0.3 is 5.32 Å². The van der Waals surface area contributed by atoms with E-state index in [9.17, 15) is 4.39 Å². The number of halogens is 1. The van der Waals surface area contributed by atoms with Crippen molar-refractivity contribution in [2.75, 3.05) is 6.54 Å². The number of rotatable bonds is 6. The van der Waals surface area contributed by atoms with E-state index in [2.05, 4.69) is 39.9 Å². The molecule has 0 aliphatic rings. The van der Waals surface area contributed by atoms with Crippen LogP contribution in [0.1, 0.15) is 64.1 Å². The van der Waals surface area contributed by atoms with Crippen molar-refractivity contribution in [1.29, 1.82) is 0 Å². The fraction of sp³-hybridized carbons (Fsp3) is 0.647. The Morgan fingerprint density at radius 3 is 2.53 bits per heavy atom. The maximum atomic E-state index is 13.5. The van der Waals surface area contributed by atoms with Gasteiger partial charge in [-0.1, -0.05) is 33.8 Å². The number of benzene rings is 1. The zero-order valence-corrected chi connectivity index (χ0v) is 13.0. The van der Waals surface area contributed by atoms with Crippen LogP contribution in [0, 0.1) is 18.2 Å². The maximum absolute atomic E-state index is 13.5. The average molecular weight is 265 g/mol. The van der Waals surface area contributed by atoms with Crippen LogP contribution in [-0.2, 0) is 0 Å². The van der Waals surface area contributed by atoms with E-state index in [1.54, 1.807) is 12.1 Å². The molecule has 1 N–H and O–H groups in total. The molecule has 1 nitrogen and oxygen atoms in total. The Balaban J connectivity index is 2.85. The predicted molar refractivity (Wildman–Crippen MR) is 80.9 cm³/mol. The summed E-state index contributed by atoms with van der Waals surface area (Å²) in [4.78, 5) is 0. The molecule has 0 aliphatic carbocycles. The maximum Gasteiger partial charge on any atom is 0.123 e. The van der Waals surface area contributed by atoms with Gasteiger partial charge >= 0.3 is 0 Å². The molecular formula is C17H28FN. The number of hydrogen-bond donors (Lipinski definition) is 1. The van der Waals surface area contributed by atoms with Crippen LogP contribution in [0.2, 0.25) is 0 Å². The molecule has 1 aromatic rings. The lowest BCUT2D eigenvalue weighted by atomic mass is 9.86. The van der Waals surface area contributed by atoms with Gasteiger partial charge in [0, 0.05) is 6.04 Å². The Labute approximate surface area is 117 Å². The molecule has 1 atom stereocenters. The normalized spacial score (nSPS) is 13.6. The quantitative estimate of drug-likeness (QED) is 0.763. The molecule has 1 unspecified atom stereocenters. The minimum atomic E-state index is -0.139. The molecule has 0 amide bonds. The van der Waals surface area contributed by atoms with Crippen LogP contribution in [0.15, 0.2) is 18.2 Å². The highest BCUT2D eigenvalue weighted by atomic mass is 19.1.